The molecule has 2 aliphatic heterocycles. The first-order chi connectivity index (χ1) is 14.3. The maximum atomic E-state index is 13.0. The maximum Gasteiger partial charge on any atom is 0.416 e. The van der Waals surface area contributed by atoms with Crippen molar-refractivity contribution in [3.8, 4) is 11.5 Å². The second-order valence-electron chi connectivity index (χ2n) is 7.88. The van der Waals surface area contributed by atoms with Crippen LogP contribution in [0.1, 0.15) is 29.5 Å². The van der Waals surface area contributed by atoms with Gasteiger partial charge in [-0.05, 0) is 60.4 Å². The normalized spacial score (nSPS) is 18.9. The van der Waals surface area contributed by atoms with Crippen molar-refractivity contribution in [2.45, 2.75) is 24.6 Å². The van der Waals surface area contributed by atoms with E-state index in [2.05, 4.69) is 11.0 Å². The molecule has 2 aliphatic rings. The van der Waals surface area contributed by atoms with E-state index >= 15 is 0 Å². The van der Waals surface area contributed by atoms with Crippen LogP contribution >= 0.6 is 0 Å². The SMILES string of the molecule is COc1ccc2c(c1)C=C(CN1CCC(O)(c3cccc(C(F)(F)F)c3)CC1)CO2. The molecule has 0 unspecified atom stereocenters. The minimum absolute atomic E-state index is 0.332. The molecule has 0 radical (unpaired) electrons. The fraction of sp³-hybridized carbons (Fsp3) is 0.391. The number of fused-ring (bicyclic) bond motifs is 1. The number of rotatable bonds is 4. The highest BCUT2D eigenvalue weighted by atomic mass is 19.4. The Balaban J connectivity index is 1.42. The van der Waals surface area contributed by atoms with E-state index in [9.17, 15) is 18.3 Å². The number of halogens is 3. The smallest absolute Gasteiger partial charge is 0.416 e. The second-order valence-corrected chi connectivity index (χ2v) is 7.88. The molecule has 2 aromatic rings. The van der Waals surface area contributed by atoms with Crippen molar-refractivity contribution in [1.82, 2.24) is 4.90 Å². The zero-order valence-corrected chi connectivity index (χ0v) is 16.7. The third kappa shape index (κ3) is 4.32. The molecule has 0 amide bonds. The van der Waals surface area contributed by atoms with Crippen LogP contribution in [0.4, 0.5) is 13.2 Å². The molecule has 30 heavy (non-hydrogen) atoms. The molecule has 0 atom stereocenters. The average Bonchev–Trinajstić information content (AvgIpc) is 2.74. The number of hydrogen-bond acceptors (Lipinski definition) is 4. The summed E-state index contributed by atoms with van der Waals surface area (Å²) in [5.41, 5.74) is 0.441. The Bertz CT molecular complexity index is 947. The summed E-state index contributed by atoms with van der Waals surface area (Å²) < 4.78 is 50.2. The molecule has 1 N–H and O–H groups in total. The van der Waals surface area contributed by atoms with Crippen molar-refractivity contribution >= 4 is 6.08 Å². The van der Waals surface area contributed by atoms with E-state index in [1.165, 1.54) is 6.07 Å². The summed E-state index contributed by atoms with van der Waals surface area (Å²) in [6.07, 6.45) is -1.56. The lowest BCUT2D eigenvalue weighted by Crippen LogP contribution is -2.43. The van der Waals surface area contributed by atoms with Gasteiger partial charge in [0.2, 0.25) is 0 Å². The van der Waals surface area contributed by atoms with Gasteiger partial charge < -0.3 is 14.6 Å². The number of ether oxygens (including phenoxy) is 2. The van der Waals surface area contributed by atoms with Crippen LogP contribution in [-0.4, -0.2) is 43.4 Å². The topological polar surface area (TPSA) is 41.9 Å². The highest BCUT2D eigenvalue weighted by Crippen LogP contribution is 2.37. The quantitative estimate of drug-likeness (QED) is 0.794. The molecular weight excluding hydrogens is 395 g/mol. The van der Waals surface area contributed by atoms with Crippen LogP contribution < -0.4 is 9.47 Å². The predicted molar refractivity (Wildman–Crippen MR) is 107 cm³/mol. The van der Waals surface area contributed by atoms with Gasteiger partial charge in [-0.2, -0.15) is 13.2 Å². The third-order valence-electron chi connectivity index (χ3n) is 5.83. The second kappa shape index (κ2) is 7.96. The maximum absolute atomic E-state index is 13.0. The third-order valence-corrected chi connectivity index (χ3v) is 5.83. The van der Waals surface area contributed by atoms with Gasteiger partial charge in [-0.25, -0.2) is 0 Å². The molecule has 0 aromatic heterocycles. The Hall–Kier alpha value is -2.51. The van der Waals surface area contributed by atoms with Crippen LogP contribution in [0.25, 0.3) is 6.08 Å². The summed E-state index contributed by atoms with van der Waals surface area (Å²) in [7, 11) is 1.62. The fourth-order valence-electron chi connectivity index (χ4n) is 4.06. The van der Waals surface area contributed by atoms with Crippen LogP contribution in [0, 0.1) is 0 Å². The molecular formula is C23H24F3NO3. The zero-order chi connectivity index (χ0) is 21.4. The molecule has 4 nitrogen and oxygen atoms in total. The van der Waals surface area contributed by atoms with Gasteiger partial charge in [0.1, 0.15) is 18.1 Å². The Labute approximate surface area is 173 Å². The van der Waals surface area contributed by atoms with E-state index in [-0.39, 0.29) is 0 Å². The van der Waals surface area contributed by atoms with Crippen LogP contribution in [-0.2, 0) is 11.8 Å². The van der Waals surface area contributed by atoms with Gasteiger partial charge in [0.25, 0.3) is 0 Å². The van der Waals surface area contributed by atoms with Crippen LogP contribution in [0.5, 0.6) is 11.5 Å². The van der Waals surface area contributed by atoms with Crippen LogP contribution in [0.15, 0.2) is 48.0 Å². The summed E-state index contributed by atoms with van der Waals surface area (Å²) in [5.74, 6) is 1.58. The van der Waals surface area contributed by atoms with Crippen molar-refractivity contribution in [1.29, 1.82) is 0 Å². The van der Waals surface area contributed by atoms with Gasteiger partial charge in [-0.15, -0.1) is 0 Å². The fourth-order valence-corrected chi connectivity index (χ4v) is 4.06. The van der Waals surface area contributed by atoms with E-state index in [1.807, 2.05) is 18.2 Å². The molecule has 4 rings (SSSR count). The minimum atomic E-state index is -4.42. The van der Waals surface area contributed by atoms with Crippen molar-refractivity contribution in [2.24, 2.45) is 0 Å². The number of methoxy groups -OCH3 is 1. The molecule has 2 heterocycles. The number of aliphatic hydroxyl groups is 1. The van der Waals surface area contributed by atoms with Crippen molar-refractivity contribution in [3.05, 3.63) is 64.7 Å². The van der Waals surface area contributed by atoms with Gasteiger partial charge in [-0.1, -0.05) is 12.1 Å². The van der Waals surface area contributed by atoms with Gasteiger partial charge >= 0.3 is 6.18 Å². The summed E-state index contributed by atoms with van der Waals surface area (Å²) in [5, 5.41) is 11.0. The van der Waals surface area contributed by atoms with Crippen molar-refractivity contribution < 1.29 is 27.8 Å². The lowest BCUT2D eigenvalue weighted by Gasteiger charge is -2.39. The molecule has 2 aromatic carbocycles. The van der Waals surface area contributed by atoms with Gasteiger partial charge in [0, 0.05) is 25.2 Å². The largest absolute Gasteiger partial charge is 0.497 e. The number of piperidine rings is 1. The summed E-state index contributed by atoms with van der Waals surface area (Å²) in [6.45, 7) is 2.37. The highest BCUT2D eigenvalue weighted by molar-refractivity contribution is 5.64. The number of nitrogens with zero attached hydrogens (tertiary/aromatic N) is 1. The van der Waals surface area contributed by atoms with Crippen molar-refractivity contribution in [2.75, 3.05) is 33.4 Å². The summed E-state index contributed by atoms with van der Waals surface area (Å²) in [6, 6.07) is 10.7. The molecule has 1 fully saturated rings. The lowest BCUT2D eigenvalue weighted by molar-refractivity contribution is -0.137. The Morgan fingerprint density at radius 1 is 1.13 bits per heavy atom. The van der Waals surface area contributed by atoms with Gasteiger partial charge in [-0.3, -0.25) is 4.90 Å². The lowest BCUT2D eigenvalue weighted by atomic mass is 9.83. The first-order valence-electron chi connectivity index (χ1n) is 9.90. The summed E-state index contributed by atoms with van der Waals surface area (Å²) >= 11 is 0. The van der Waals surface area contributed by atoms with E-state index in [0.717, 1.165) is 34.8 Å². The highest BCUT2D eigenvalue weighted by Gasteiger charge is 2.37. The summed E-state index contributed by atoms with van der Waals surface area (Å²) in [4.78, 5) is 2.20. The molecule has 0 bridgehead atoms. The molecule has 1 saturated heterocycles. The predicted octanol–water partition coefficient (Wildman–Crippen LogP) is 4.47. The van der Waals surface area contributed by atoms with E-state index in [1.54, 1.807) is 13.2 Å². The molecule has 160 valence electrons. The number of likely N-dealkylation sites (tertiary alicyclic amines) is 1. The first-order valence-corrected chi connectivity index (χ1v) is 9.90. The average molecular weight is 419 g/mol. The molecule has 0 spiro atoms. The molecule has 0 aliphatic carbocycles. The Morgan fingerprint density at radius 3 is 2.60 bits per heavy atom. The van der Waals surface area contributed by atoms with E-state index in [4.69, 9.17) is 9.47 Å². The Kier molecular flexibility index (Phi) is 5.51. The number of benzene rings is 2. The molecule has 0 saturated carbocycles. The van der Waals surface area contributed by atoms with Crippen LogP contribution in [0.2, 0.25) is 0 Å². The van der Waals surface area contributed by atoms with Gasteiger partial charge in [0.15, 0.2) is 0 Å². The van der Waals surface area contributed by atoms with Crippen molar-refractivity contribution in [3.63, 3.8) is 0 Å². The number of hydrogen-bond donors (Lipinski definition) is 1. The standard InChI is InChI=1S/C23H24F3NO3/c1-29-20-5-6-21-17(12-20)11-16(15-30-21)14-27-9-7-22(28,8-10-27)18-3-2-4-19(13-18)23(24,25)26/h2-6,11-13,28H,7-10,14-15H2,1H3. The zero-order valence-electron chi connectivity index (χ0n) is 16.7. The van der Waals surface area contributed by atoms with E-state index < -0.39 is 17.3 Å². The van der Waals surface area contributed by atoms with Crippen LogP contribution in [0.3, 0.4) is 0 Å². The monoisotopic (exact) mass is 419 g/mol. The van der Waals surface area contributed by atoms with Gasteiger partial charge in [0.05, 0.1) is 18.3 Å². The van der Waals surface area contributed by atoms with E-state index in [0.29, 0.717) is 44.6 Å². The number of alkyl halides is 3. The minimum Gasteiger partial charge on any atom is -0.497 e. The Morgan fingerprint density at radius 2 is 1.90 bits per heavy atom. The molecule has 7 heteroatoms. The first kappa shape index (κ1) is 20.8.